The first-order valence-corrected chi connectivity index (χ1v) is 39.0. The van der Waals surface area contributed by atoms with E-state index in [0.717, 1.165) is 38.5 Å². The van der Waals surface area contributed by atoms with Crippen LogP contribution in [0.5, 0.6) is 0 Å². The second-order valence-electron chi connectivity index (χ2n) is 27.1. The van der Waals surface area contributed by atoms with Crippen LogP contribution >= 0.6 is 0 Å². The Morgan fingerprint density at radius 3 is 0.810 bits per heavy atom. The third-order valence-electron chi connectivity index (χ3n) is 18.6. The summed E-state index contributed by atoms with van der Waals surface area (Å²) in [5, 5.41) is 23.1. The lowest BCUT2D eigenvalue weighted by Gasteiger charge is -2.20. The highest BCUT2D eigenvalue weighted by Crippen LogP contribution is 2.20. The van der Waals surface area contributed by atoms with Crippen molar-refractivity contribution < 1.29 is 24.5 Å². The van der Waals surface area contributed by atoms with Gasteiger partial charge in [-0.3, -0.25) is 9.59 Å². The van der Waals surface area contributed by atoms with Crippen LogP contribution in [-0.2, 0) is 14.3 Å². The van der Waals surface area contributed by atoms with Gasteiger partial charge in [0.2, 0.25) is 5.91 Å². The fourth-order valence-corrected chi connectivity index (χ4v) is 12.6. The van der Waals surface area contributed by atoms with Crippen molar-refractivity contribution in [2.45, 2.75) is 463 Å². The van der Waals surface area contributed by atoms with Gasteiger partial charge in [0.05, 0.1) is 25.4 Å². The van der Waals surface area contributed by atoms with E-state index in [0.29, 0.717) is 19.4 Å². The molecule has 84 heavy (non-hydrogen) atoms. The lowest BCUT2D eigenvalue weighted by Crippen LogP contribution is -2.45. The van der Waals surface area contributed by atoms with Crippen molar-refractivity contribution in [1.29, 1.82) is 0 Å². The van der Waals surface area contributed by atoms with E-state index in [1.165, 1.54) is 385 Å². The Kier molecular flexibility index (Phi) is 72.8. The summed E-state index contributed by atoms with van der Waals surface area (Å²) in [7, 11) is 0. The molecule has 0 bridgehead atoms. The molecule has 0 heterocycles. The van der Waals surface area contributed by atoms with Gasteiger partial charge in [-0.05, 0) is 32.1 Å². The molecule has 0 aliphatic heterocycles. The van der Waals surface area contributed by atoms with Crippen molar-refractivity contribution in [1.82, 2.24) is 5.32 Å². The zero-order chi connectivity index (χ0) is 60.6. The van der Waals surface area contributed by atoms with Crippen molar-refractivity contribution >= 4 is 11.9 Å². The third kappa shape index (κ3) is 69.7. The molecule has 3 N–H and O–H groups in total. The first-order chi connectivity index (χ1) is 41.5. The Morgan fingerprint density at radius 2 is 0.548 bits per heavy atom. The van der Waals surface area contributed by atoms with Crippen molar-refractivity contribution in [2.24, 2.45) is 0 Å². The molecule has 2 unspecified atom stereocenters. The van der Waals surface area contributed by atoms with Crippen molar-refractivity contribution in [3.63, 3.8) is 0 Å². The molecule has 6 heteroatoms. The minimum Gasteiger partial charge on any atom is -0.466 e. The molecule has 0 spiro atoms. The zero-order valence-electron chi connectivity index (χ0n) is 57.4. The smallest absolute Gasteiger partial charge is 0.305 e. The molecular formula is C78H153NO5. The average Bonchev–Trinajstić information content (AvgIpc) is 3.51. The number of hydrogen-bond donors (Lipinski definition) is 3. The molecule has 0 aromatic rings. The van der Waals surface area contributed by atoms with Gasteiger partial charge in [0.25, 0.3) is 0 Å². The lowest BCUT2D eigenvalue weighted by molar-refractivity contribution is -0.143. The predicted molar refractivity (Wildman–Crippen MR) is 370 cm³/mol. The number of rotatable bonds is 74. The van der Waals surface area contributed by atoms with E-state index in [1.807, 2.05) is 6.08 Å². The second-order valence-corrected chi connectivity index (χ2v) is 27.1. The summed E-state index contributed by atoms with van der Waals surface area (Å²) in [5.74, 6) is -0.0320. The summed E-state index contributed by atoms with van der Waals surface area (Å²) in [6.45, 7) is 4.95. The van der Waals surface area contributed by atoms with Crippen LogP contribution in [0.15, 0.2) is 12.2 Å². The number of carbonyl (C=O) groups is 2. The number of allylic oxidation sites excluding steroid dienone is 1. The Morgan fingerprint density at radius 1 is 0.321 bits per heavy atom. The molecule has 6 nitrogen and oxygen atoms in total. The van der Waals surface area contributed by atoms with E-state index in [4.69, 9.17) is 4.74 Å². The number of esters is 1. The van der Waals surface area contributed by atoms with Crippen LogP contribution < -0.4 is 5.32 Å². The Labute approximate surface area is 527 Å². The predicted octanol–water partition coefficient (Wildman–Crippen LogP) is 25.5. The maximum absolute atomic E-state index is 12.5. The van der Waals surface area contributed by atoms with Gasteiger partial charge in [-0.1, -0.05) is 418 Å². The van der Waals surface area contributed by atoms with Crippen LogP contribution in [0.3, 0.4) is 0 Å². The highest BCUT2D eigenvalue weighted by Gasteiger charge is 2.18. The van der Waals surface area contributed by atoms with Gasteiger partial charge in [0.1, 0.15) is 0 Å². The third-order valence-corrected chi connectivity index (χ3v) is 18.6. The van der Waals surface area contributed by atoms with E-state index in [2.05, 4.69) is 19.2 Å². The maximum Gasteiger partial charge on any atom is 0.305 e. The Bertz CT molecular complexity index is 1270. The maximum atomic E-state index is 12.5. The molecule has 0 saturated carbocycles. The molecule has 500 valence electrons. The fourth-order valence-electron chi connectivity index (χ4n) is 12.6. The summed E-state index contributed by atoms with van der Waals surface area (Å²) < 4.78 is 5.52. The summed E-state index contributed by atoms with van der Waals surface area (Å²) in [6, 6.07) is -0.622. The van der Waals surface area contributed by atoms with Crippen LogP contribution in [0.1, 0.15) is 450 Å². The highest BCUT2D eigenvalue weighted by atomic mass is 16.5. The fraction of sp³-hybridized carbons (Fsp3) is 0.949. The average molecular weight is 1190 g/mol. The van der Waals surface area contributed by atoms with Crippen molar-refractivity contribution in [2.75, 3.05) is 13.2 Å². The first-order valence-electron chi connectivity index (χ1n) is 39.0. The largest absolute Gasteiger partial charge is 0.466 e. The topological polar surface area (TPSA) is 95.9 Å². The van der Waals surface area contributed by atoms with E-state index < -0.39 is 12.1 Å². The molecule has 0 fully saturated rings. The summed E-state index contributed by atoms with van der Waals surface area (Å²) in [4.78, 5) is 24.6. The zero-order valence-corrected chi connectivity index (χ0v) is 57.4. The molecule has 1 amide bonds. The summed E-state index contributed by atoms with van der Waals surface area (Å²) in [5.41, 5.74) is 0. The van der Waals surface area contributed by atoms with Crippen LogP contribution in [0.4, 0.5) is 0 Å². The molecule has 0 aliphatic rings. The van der Waals surface area contributed by atoms with Gasteiger partial charge in [0.15, 0.2) is 0 Å². The van der Waals surface area contributed by atoms with Crippen LogP contribution in [-0.4, -0.2) is 47.4 Å². The number of carbonyl (C=O) groups excluding carboxylic acids is 2. The van der Waals surface area contributed by atoms with E-state index >= 15 is 0 Å². The quantitative estimate of drug-likeness (QED) is 0.0320. The molecule has 0 radical (unpaired) electrons. The van der Waals surface area contributed by atoms with E-state index in [-0.39, 0.29) is 18.5 Å². The van der Waals surface area contributed by atoms with Gasteiger partial charge in [-0.2, -0.15) is 0 Å². The van der Waals surface area contributed by atoms with Crippen LogP contribution in [0.2, 0.25) is 0 Å². The summed E-state index contributed by atoms with van der Waals surface area (Å²) >= 11 is 0. The highest BCUT2D eigenvalue weighted by molar-refractivity contribution is 5.76. The minimum absolute atomic E-state index is 0.0283. The van der Waals surface area contributed by atoms with Gasteiger partial charge in [-0.25, -0.2) is 0 Å². The van der Waals surface area contributed by atoms with Gasteiger partial charge < -0.3 is 20.3 Å². The number of ether oxygens (including phenoxy) is 1. The Balaban J connectivity index is 3.28. The van der Waals surface area contributed by atoms with Crippen molar-refractivity contribution in [3.05, 3.63) is 12.2 Å². The molecule has 0 aliphatic carbocycles. The number of aliphatic hydroxyl groups is 2. The van der Waals surface area contributed by atoms with Crippen molar-refractivity contribution in [3.8, 4) is 0 Å². The van der Waals surface area contributed by atoms with Crippen LogP contribution in [0.25, 0.3) is 0 Å². The molecule has 0 aromatic carbocycles. The first kappa shape index (κ1) is 82.6. The van der Waals surface area contributed by atoms with E-state index in [1.54, 1.807) is 6.08 Å². The number of nitrogens with one attached hydrogen (secondary N) is 1. The SMILES string of the molecule is CCCCCCCCCCCCC/C=C/C(O)C(CO)NC(=O)CCCCCCCCCCCCCCCCCCCCCCCCCCCCCCCCCCCCCOC(=O)CCCCCCCCCCCCCCCCCCCCC. The van der Waals surface area contributed by atoms with Gasteiger partial charge in [0, 0.05) is 12.8 Å². The number of unbranched alkanes of at least 4 members (excludes halogenated alkanes) is 63. The Hall–Kier alpha value is -1.40. The summed E-state index contributed by atoms with van der Waals surface area (Å²) in [6.07, 6.45) is 93.4. The monoisotopic (exact) mass is 1180 g/mol. The van der Waals surface area contributed by atoms with Gasteiger partial charge in [-0.15, -0.1) is 0 Å². The number of amides is 1. The van der Waals surface area contributed by atoms with Gasteiger partial charge >= 0.3 is 5.97 Å². The molecule has 0 rings (SSSR count). The normalized spacial score (nSPS) is 12.5. The number of hydrogen-bond acceptors (Lipinski definition) is 5. The standard InChI is InChI=1S/C78H153NO5/c1-3-5-7-9-11-13-15-17-18-19-37-41-44-48-52-56-60-64-68-72-78(83)84-73-69-65-61-57-53-49-45-42-39-36-34-32-30-28-26-24-22-20-21-23-25-27-29-31-33-35-38-40-43-47-51-55-59-63-67-71-77(82)79-75(74-80)76(81)70-66-62-58-54-50-46-16-14-12-10-8-6-4-2/h66,70,75-76,80-81H,3-65,67-69,71-74H2,1-2H3,(H,79,82)/b70-66+. The molecule has 0 aromatic heterocycles. The number of aliphatic hydroxyl groups excluding tert-OH is 2. The molecule has 0 saturated heterocycles. The molecular weight excluding hydrogens is 1030 g/mol. The minimum atomic E-state index is -0.839. The van der Waals surface area contributed by atoms with E-state index in [9.17, 15) is 19.8 Å². The second kappa shape index (κ2) is 74.1. The molecule has 2 atom stereocenters. The van der Waals surface area contributed by atoms with Crippen LogP contribution in [0, 0.1) is 0 Å². The lowest BCUT2D eigenvalue weighted by atomic mass is 10.0.